The van der Waals surface area contributed by atoms with E-state index in [2.05, 4.69) is 0 Å². The Morgan fingerprint density at radius 1 is 0.733 bits per heavy atom. The van der Waals surface area contributed by atoms with Crippen LogP contribution in [0.1, 0.15) is 95.5 Å². The molecule has 0 saturated heterocycles. The molecule has 0 heterocycles. The second-order valence-electron chi connectivity index (χ2n) is 8.92. The Bertz CT molecular complexity index is 928. The first-order valence-electron chi connectivity index (χ1n) is 11.2. The predicted molar refractivity (Wildman–Crippen MR) is 116 cm³/mol. The normalized spacial score (nSPS) is 25.0. The van der Waals surface area contributed by atoms with E-state index in [1.165, 1.54) is 6.42 Å². The third-order valence-corrected chi connectivity index (χ3v) is 7.51. The molecule has 2 aliphatic rings. The number of benzene rings is 2. The van der Waals surface area contributed by atoms with Gasteiger partial charge in [-0.1, -0.05) is 68.5 Å². The van der Waals surface area contributed by atoms with Crippen LogP contribution in [0.4, 0.5) is 0 Å². The lowest BCUT2D eigenvalue weighted by atomic mass is 9.51. The minimum Gasteiger partial charge on any atom is -0.478 e. The van der Waals surface area contributed by atoms with Gasteiger partial charge in [-0.25, -0.2) is 9.59 Å². The molecule has 2 N–H and O–H groups in total. The smallest absolute Gasteiger partial charge is 0.335 e. The first kappa shape index (κ1) is 20.6. The summed E-state index contributed by atoms with van der Waals surface area (Å²) < 4.78 is 0. The Hall–Kier alpha value is -2.62. The van der Waals surface area contributed by atoms with Crippen molar-refractivity contribution in [3.05, 3.63) is 70.8 Å². The summed E-state index contributed by atoms with van der Waals surface area (Å²) in [4.78, 5) is 24.3. The molecular weight excluding hydrogens is 376 g/mol. The highest BCUT2D eigenvalue weighted by atomic mass is 16.4. The fraction of sp³-hybridized carbons (Fsp3) is 0.462. The molecule has 0 amide bonds. The van der Waals surface area contributed by atoms with Gasteiger partial charge in [0.2, 0.25) is 0 Å². The summed E-state index contributed by atoms with van der Waals surface area (Å²) in [7, 11) is 0. The first-order chi connectivity index (χ1) is 14.6. The third-order valence-electron chi connectivity index (χ3n) is 7.51. The molecule has 30 heavy (non-hydrogen) atoms. The molecule has 2 aliphatic carbocycles. The Morgan fingerprint density at radius 2 is 1.33 bits per heavy atom. The maximum atomic E-state index is 12.2. The molecule has 0 aromatic heterocycles. The molecule has 2 aromatic rings. The van der Waals surface area contributed by atoms with Crippen molar-refractivity contribution in [3.63, 3.8) is 0 Å². The van der Waals surface area contributed by atoms with Gasteiger partial charge in [0.25, 0.3) is 0 Å². The van der Waals surface area contributed by atoms with Gasteiger partial charge < -0.3 is 10.2 Å². The van der Waals surface area contributed by atoms with E-state index in [9.17, 15) is 19.8 Å². The van der Waals surface area contributed by atoms with E-state index < -0.39 is 11.9 Å². The number of rotatable bonds is 5. The summed E-state index contributed by atoms with van der Waals surface area (Å²) in [6.45, 7) is 0. The van der Waals surface area contributed by atoms with Crippen LogP contribution in [-0.2, 0) is 5.41 Å². The van der Waals surface area contributed by atoms with Crippen LogP contribution in [0.15, 0.2) is 48.5 Å². The van der Waals surface area contributed by atoms with Gasteiger partial charge in [-0.05, 0) is 60.8 Å². The summed E-state index contributed by atoms with van der Waals surface area (Å²) in [5.41, 5.74) is 2.18. The zero-order valence-corrected chi connectivity index (χ0v) is 17.3. The number of aromatic carboxylic acids is 2. The SMILES string of the molecule is O=C(O)c1ccccc1C1CCCCC1(c1ccccc1C(=O)O)C1CCCCC1. The summed E-state index contributed by atoms with van der Waals surface area (Å²) in [6.07, 6.45) is 9.63. The van der Waals surface area contributed by atoms with E-state index in [0.29, 0.717) is 17.0 Å². The highest BCUT2D eigenvalue weighted by molar-refractivity contribution is 5.91. The van der Waals surface area contributed by atoms with Crippen molar-refractivity contribution in [2.45, 2.75) is 69.1 Å². The molecule has 0 radical (unpaired) electrons. The lowest BCUT2D eigenvalue weighted by molar-refractivity contribution is 0.0666. The van der Waals surface area contributed by atoms with Crippen molar-refractivity contribution in [3.8, 4) is 0 Å². The highest BCUT2D eigenvalue weighted by Crippen LogP contribution is 2.58. The molecule has 2 atom stereocenters. The minimum atomic E-state index is -0.903. The monoisotopic (exact) mass is 406 g/mol. The van der Waals surface area contributed by atoms with Crippen molar-refractivity contribution in [2.75, 3.05) is 0 Å². The zero-order chi connectivity index (χ0) is 21.1. The van der Waals surface area contributed by atoms with E-state index in [1.807, 2.05) is 24.3 Å². The van der Waals surface area contributed by atoms with Crippen LogP contribution < -0.4 is 0 Å². The van der Waals surface area contributed by atoms with Crippen LogP contribution >= 0.6 is 0 Å². The summed E-state index contributed by atoms with van der Waals surface area (Å²) >= 11 is 0. The predicted octanol–water partition coefficient (Wildman–Crippen LogP) is 6.26. The first-order valence-corrected chi connectivity index (χ1v) is 11.2. The van der Waals surface area contributed by atoms with Crippen LogP contribution in [0.2, 0.25) is 0 Å². The van der Waals surface area contributed by atoms with Crippen LogP contribution in [-0.4, -0.2) is 22.2 Å². The van der Waals surface area contributed by atoms with Crippen LogP contribution in [0, 0.1) is 5.92 Å². The van der Waals surface area contributed by atoms with E-state index >= 15 is 0 Å². The van der Waals surface area contributed by atoms with Crippen molar-refractivity contribution in [2.24, 2.45) is 5.92 Å². The van der Waals surface area contributed by atoms with Crippen molar-refractivity contribution < 1.29 is 19.8 Å². The molecule has 158 valence electrons. The maximum absolute atomic E-state index is 12.2. The average Bonchev–Trinajstić information content (AvgIpc) is 2.79. The van der Waals surface area contributed by atoms with Gasteiger partial charge in [-0.2, -0.15) is 0 Å². The molecule has 2 saturated carbocycles. The number of hydrogen-bond donors (Lipinski definition) is 2. The van der Waals surface area contributed by atoms with Gasteiger partial charge in [0, 0.05) is 5.41 Å². The maximum Gasteiger partial charge on any atom is 0.335 e. The number of carboxylic acid groups (broad SMARTS) is 2. The van der Waals surface area contributed by atoms with Crippen molar-refractivity contribution >= 4 is 11.9 Å². The van der Waals surface area contributed by atoms with Gasteiger partial charge in [0.1, 0.15) is 0 Å². The largest absolute Gasteiger partial charge is 0.478 e. The molecule has 0 bridgehead atoms. The number of carboxylic acids is 2. The standard InChI is InChI=1S/C26H30O4/c27-24(28)20-13-5-4-12-19(20)22-16-8-9-17-26(22,18-10-2-1-3-11-18)23-15-7-6-14-21(23)25(29)30/h4-7,12-15,18,22H,1-3,8-11,16-17H2,(H,27,28)(H,29,30). The highest BCUT2D eigenvalue weighted by Gasteiger charge is 2.50. The second-order valence-corrected chi connectivity index (χ2v) is 8.92. The van der Waals surface area contributed by atoms with E-state index in [0.717, 1.165) is 62.5 Å². The Balaban J connectivity index is 1.96. The van der Waals surface area contributed by atoms with E-state index in [-0.39, 0.29) is 11.3 Å². The quantitative estimate of drug-likeness (QED) is 0.615. The molecule has 2 unspecified atom stereocenters. The van der Waals surface area contributed by atoms with E-state index in [4.69, 9.17) is 0 Å². The molecular formula is C26H30O4. The van der Waals surface area contributed by atoms with Crippen LogP contribution in [0.25, 0.3) is 0 Å². The third kappa shape index (κ3) is 3.53. The van der Waals surface area contributed by atoms with Gasteiger partial charge in [0.15, 0.2) is 0 Å². The fourth-order valence-electron chi connectivity index (χ4n) is 6.35. The molecule has 0 aliphatic heterocycles. The van der Waals surface area contributed by atoms with Gasteiger partial charge >= 0.3 is 11.9 Å². The summed E-state index contributed by atoms with van der Waals surface area (Å²) in [6, 6.07) is 14.8. The van der Waals surface area contributed by atoms with Crippen molar-refractivity contribution in [1.29, 1.82) is 0 Å². The Kier molecular flexibility index (Phi) is 5.94. The second kappa shape index (κ2) is 8.63. The lowest BCUT2D eigenvalue weighted by Gasteiger charge is -2.52. The number of hydrogen-bond acceptors (Lipinski definition) is 2. The topological polar surface area (TPSA) is 74.6 Å². The van der Waals surface area contributed by atoms with Crippen LogP contribution in [0.5, 0.6) is 0 Å². The Morgan fingerprint density at radius 3 is 2.03 bits per heavy atom. The van der Waals surface area contributed by atoms with E-state index in [1.54, 1.807) is 24.3 Å². The molecule has 2 aromatic carbocycles. The van der Waals surface area contributed by atoms with Crippen molar-refractivity contribution in [1.82, 2.24) is 0 Å². The minimum absolute atomic E-state index is 0.0159. The zero-order valence-electron chi connectivity index (χ0n) is 17.3. The molecule has 0 spiro atoms. The summed E-state index contributed by atoms with van der Waals surface area (Å²) in [5.74, 6) is -1.40. The van der Waals surface area contributed by atoms with Gasteiger partial charge in [-0.3, -0.25) is 0 Å². The fourth-order valence-corrected chi connectivity index (χ4v) is 6.35. The summed E-state index contributed by atoms with van der Waals surface area (Å²) in [5, 5.41) is 19.9. The van der Waals surface area contributed by atoms with Crippen LogP contribution in [0.3, 0.4) is 0 Å². The average molecular weight is 407 g/mol. The molecule has 4 heteroatoms. The Labute approximate surface area is 177 Å². The number of carbonyl (C=O) groups is 2. The van der Waals surface area contributed by atoms with Gasteiger partial charge in [-0.15, -0.1) is 0 Å². The molecule has 2 fully saturated rings. The lowest BCUT2D eigenvalue weighted by Crippen LogP contribution is -2.45. The van der Waals surface area contributed by atoms with Gasteiger partial charge in [0.05, 0.1) is 11.1 Å². The molecule has 4 nitrogen and oxygen atoms in total. The molecule has 4 rings (SSSR count).